The van der Waals surface area contributed by atoms with Gasteiger partial charge < -0.3 is 16.0 Å². The summed E-state index contributed by atoms with van der Waals surface area (Å²) in [4.78, 5) is 33.7. The number of nitro groups is 1. The SMILES string of the molecule is CNC(=O)C1=C(C)NC(=O)NC1c1ccc([N+](=O)[O-])cc1. The molecule has 110 valence electrons. The molecule has 0 aliphatic carbocycles. The minimum Gasteiger partial charge on any atom is -0.355 e. The van der Waals surface area contributed by atoms with Crippen molar-refractivity contribution >= 4 is 17.6 Å². The van der Waals surface area contributed by atoms with Crippen molar-refractivity contribution in [2.24, 2.45) is 0 Å². The lowest BCUT2D eigenvalue weighted by Gasteiger charge is -2.28. The first-order chi connectivity index (χ1) is 9.93. The van der Waals surface area contributed by atoms with E-state index in [1.807, 2.05) is 0 Å². The Morgan fingerprint density at radius 2 is 1.95 bits per heavy atom. The molecular weight excluding hydrogens is 276 g/mol. The Kier molecular flexibility index (Phi) is 3.88. The van der Waals surface area contributed by atoms with Gasteiger partial charge in [0, 0.05) is 24.9 Å². The van der Waals surface area contributed by atoms with E-state index < -0.39 is 17.0 Å². The van der Waals surface area contributed by atoms with E-state index in [9.17, 15) is 19.7 Å². The lowest BCUT2D eigenvalue weighted by molar-refractivity contribution is -0.384. The number of nitrogens with zero attached hydrogens (tertiary/aromatic N) is 1. The van der Waals surface area contributed by atoms with Crippen LogP contribution in [0.15, 0.2) is 35.5 Å². The molecule has 1 unspecified atom stereocenters. The second kappa shape index (κ2) is 5.61. The molecule has 0 aromatic heterocycles. The van der Waals surface area contributed by atoms with Crippen molar-refractivity contribution in [1.82, 2.24) is 16.0 Å². The van der Waals surface area contributed by atoms with Crippen LogP contribution in [0.1, 0.15) is 18.5 Å². The number of non-ortho nitro benzene ring substituents is 1. The summed E-state index contributed by atoms with van der Waals surface area (Å²) in [5.41, 5.74) is 1.35. The van der Waals surface area contributed by atoms with E-state index >= 15 is 0 Å². The van der Waals surface area contributed by atoms with Gasteiger partial charge in [0.15, 0.2) is 0 Å². The molecule has 0 spiro atoms. The van der Waals surface area contributed by atoms with Crippen molar-refractivity contribution in [3.05, 3.63) is 51.2 Å². The Labute approximate surface area is 120 Å². The molecule has 1 aliphatic rings. The lowest BCUT2D eigenvalue weighted by Crippen LogP contribution is -2.46. The Hall–Kier alpha value is -2.90. The minimum atomic E-state index is -0.653. The van der Waals surface area contributed by atoms with Gasteiger partial charge in [-0.15, -0.1) is 0 Å². The van der Waals surface area contributed by atoms with Gasteiger partial charge in [0.25, 0.3) is 11.6 Å². The topological polar surface area (TPSA) is 113 Å². The Morgan fingerprint density at radius 1 is 1.33 bits per heavy atom. The van der Waals surface area contributed by atoms with Gasteiger partial charge in [-0.05, 0) is 24.6 Å². The smallest absolute Gasteiger partial charge is 0.319 e. The number of carbonyl (C=O) groups excluding carboxylic acids is 2. The molecule has 0 fully saturated rings. The molecule has 8 heteroatoms. The van der Waals surface area contributed by atoms with Gasteiger partial charge in [0.2, 0.25) is 0 Å². The van der Waals surface area contributed by atoms with Crippen molar-refractivity contribution in [2.45, 2.75) is 13.0 Å². The molecule has 1 aromatic rings. The number of nitro benzene ring substituents is 1. The van der Waals surface area contributed by atoms with Gasteiger partial charge >= 0.3 is 6.03 Å². The Balaban J connectivity index is 2.43. The standard InChI is InChI=1S/C13H14N4O4/c1-7-10(12(18)14-2)11(16-13(19)15-7)8-3-5-9(6-4-8)17(20)21/h3-6,11H,1-2H3,(H,14,18)(H2,15,16,19). The predicted octanol–water partition coefficient (Wildman–Crippen LogP) is 0.969. The summed E-state index contributed by atoms with van der Waals surface area (Å²) in [6.07, 6.45) is 0. The number of rotatable bonds is 3. The van der Waals surface area contributed by atoms with Gasteiger partial charge in [-0.3, -0.25) is 14.9 Å². The summed E-state index contributed by atoms with van der Waals surface area (Å²) >= 11 is 0. The molecule has 1 aromatic carbocycles. The summed E-state index contributed by atoms with van der Waals surface area (Å²) in [6, 6.07) is 4.62. The largest absolute Gasteiger partial charge is 0.355 e. The van der Waals surface area contributed by atoms with Crippen molar-refractivity contribution in [1.29, 1.82) is 0 Å². The summed E-state index contributed by atoms with van der Waals surface area (Å²) in [7, 11) is 1.49. The molecule has 1 atom stereocenters. The number of carbonyl (C=O) groups is 2. The third kappa shape index (κ3) is 2.83. The van der Waals surface area contributed by atoms with Crippen molar-refractivity contribution < 1.29 is 14.5 Å². The number of likely N-dealkylation sites (N-methyl/N-ethyl adjacent to an activating group) is 1. The van der Waals surface area contributed by atoms with Crippen LogP contribution in [-0.2, 0) is 4.79 Å². The van der Waals surface area contributed by atoms with Crippen LogP contribution in [-0.4, -0.2) is 23.9 Å². The van der Waals surface area contributed by atoms with Gasteiger partial charge in [0.05, 0.1) is 16.5 Å². The monoisotopic (exact) mass is 290 g/mol. The molecule has 0 saturated heterocycles. The van der Waals surface area contributed by atoms with Crippen molar-refractivity contribution in [2.75, 3.05) is 7.05 Å². The van der Waals surface area contributed by atoms with Crippen LogP contribution in [0.2, 0.25) is 0 Å². The first-order valence-electron chi connectivity index (χ1n) is 6.18. The van der Waals surface area contributed by atoms with E-state index in [1.165, 1.54) is 31.3 Å². The Bertz CT molecular complexity index is 636. The van der Waals surface area contributed by atoms with Crippen LogP contribution in [0, 0.1) is 10.1 Å². The van der Waals surface area contributed by atoms with E-state index in [1.54, 1.807) is 6.92 Å². The number of amides is 3. The maximum atomic E-state index is 12.0. The zero-order chi connectivity index (χ0) is 15.6. The summed E-state index contributed by atoms with van der Waals surface area (Å²) < 4.78 is 0. The summed E-state index contributed by atoms with van der Waals surface area (Å²) in [6.45, 7) is 1.63. The van der Waals surface area contributed by atoms with E-state index in [-0.39, 0.29) is 11.6 Å². The van der Waals surface area contributed by atoms with Crippen molar-refractivity contribution in [3.8, 4) is 0 Å². The molecule has 0 bridgehead atoms. The van der Waals surface area contributed by atoms with E-state index in [4.69, 9.17) is 0 Å². The molecule has 2 rings (SSSR count). The highest BCUT2D eigenvalue weighted by molar-refractivity contribution is 5.98. The maximum absolute atomic E-state index is 12.0. The average Bonchev–Trinajstić information content (AvgIpc) is 2.45. The van der Waals surface area contributed by atoms with Gasteiger partial charge in [-0.2, -0.15) is 0 Å². The van der Waals surface area contributed by atoms with Gasteiger partial charge in [0.1, 0.15) is 0 Å². The average molecular weight is 290 g/mol. The molecule has 1 aliphatic heterocycles. The molecule has 8 nitrogen and oxygen atoms in total. The van der Waals surface area contributed by atoms with Gasteiger partial charge in [-0.25, -0.2) is 4.79 Å². The summed E-state index contributed by atoms with van der Waals surface area (Å²) in [5.74, 6) is -0.330. The number of nitrogens with one attached hydrogen (secondary N) is 3. The van der Waals surface area contributed by atoms with Crippen LogP contribution in [0.4, 0.5) is 10.5 Å². The fraction of sp³-hybridized carbons (Fsp3) is 0.231. The molecular formula is C13H14N4O4. The number of hydrogen-bond acceptors (Lipinski definition) is 4. The summed E-state index contributed by atoms with van der Waals surface area (Å²) in [5, 5.41) is 18.3. The third-order valence-electron chi connectivity index (χ3n) is 3.18. The molecule has 3 amide bonds. The fourth-order valence-corrected chi connectivity index (χ4v) is 2.17. The number of hydrogen-bond donors (Lipinski definition) is 3. The highest BCUT2D eigenvalue weighted by Gasteiger charge is 2.30. The number of allylic oxidation sites excluding steroid dienone is 1. The quantitative estimate of drug-likeness (QED) is 0.568. The van der Waals surface area contributed by atoms with E-state index in [0.29, 0.717) is 16.8 Å². The molecule has 1 heterocycles. The zero-order valence-electron chi connectivity index (χ0n) is 11.5. The minimum absolute atomic E-state index is 0.0544. The molecule has 0 radical (unpaired) electrons. The Morgan fingerprint density at radius 3 is 2.48 bits per heavy atom. The number of benzene rings is 1. The molecule has 0 saturated carbocycles. The normalized spacial score (nSPS) is 17.8. The fourth-order valence-electron chi connectivity index (χ4n) is 2.17. The zero-order valence-corrected chi connectivity index (χ0v) is 11.5. The molecule has 21 heavy (non-hydrogen) atoms. The van der Waals surface area contributed by atoms with E-state index in [2.05, 4.69) is 16.0 Å². The lowest BCUT2D eigenvalue weighted by atomic mass is 9.95. The van der Waals surface area contributed by atoms with Crippen LogP contribution in [0.5, 0.6) is 0 Å². The van der Waals surface area contributed by atoms with Gasteiger partial charge in [-0.1, -0.05) is 0 Å². The second-order valence-corrected chi connectivity index (χ2v) is 4.50. The third-order valence-corrected chi connectivity index (χ3v) is 3.18. The van der Waals surface area contributed by atoms with Crippen LogP contribution in [0.25, 0.3) is 0 Å². The molecule has 3 N–H and O–H groups in total. The van der Waals surface area contributed by atoms with Crippen molar-refractivity contribution in [3.63, 3.8) is 0 Å². The first kappa shape index (κ1) is 14.5. The van der Waals surface area contributed by atoms with Crippen LogP contribution < -0.4 is 16.0 Å². The first-order valence-corrected chi connectivity index (χ1v) is 6.18. The number of urea groups is 1. The van der Waals surface area contributed by atoms with Crippen LogP contribution >= 0.6 is 0 Å². The van der Waals surface area contributed by atoms with Crippen LogP contribution in [0.3, 0.4) is 0 Å². The predicted molar refractivity (Wildman–Crippen MR) is 74.3 cm³/mol. The second-order valence-electron chi connectivity index (χ2n) is 4.50. The maximum Gasteiger partial charge on any atom is 0.319 e. The van der Waals surface area contributed by atoms with E-state index in [0.717, 1.165) is 0 Å². The highest BCUT2D eigenvalue weighted by Crippen LogP contribution is 2.27. The highest BCUT2D eigenvalue weighted by atomic mass is 16.6.